The second-order valence-electron chi connectivity index (χ2n) is 4.68. The Morgan fingerprint density at radius 1 is 1.62 bits per heavy atom. The zero-order valence-corrected chi connectivity index (χ0v) is 10.6. The molecule has 2 unspecified atom stereocenters. The van der Waals surface area contributed by atoms with Gasteiger partial charge in [0, 0.05) is 19.1 Å². The Hall–Kier alpha value is -0.630. The summed E-state index contributed by atoms with van der Waals surface area (Å²) in [6, 6.07) is 2.84. The summed E-state index contributed by atoms with van der Waals surface area (Å²) in [5.74, 6) is 0. The van der Waals surface area contributed by atoms with Crippen molar-refractivity contribution >= 4 is 0 Å². The molecule has 1 saturated heterocycles. The topological polar surface area (TPSA) is 48.3 Å². The zero-order chi connectivity index (χ0) is 12.0. The molecule has 4 heteroatoms. The van der Waals surface area contributed by atoms with Crippen molar-refractivity contribution in [2.75, 3.05) is 32.8 Å². The van der Waals surface area contributed by atoms with E-state index in [2.05, 4.69) is 23.2 Å². The van der Waals surface area contributed by atoms with Crippen LogP contribution in [0, 0.1) is 11.3 Å². The van der Waals surface area contributed by atoms with Crippen LogP contribution in [0.4, 0.5) is 0 Å². The summed E-state index contributed by atoms with van der Waals surface area (Å²) >= 11 is 0. The normalized spacial score (nSPS) is 26.0. The second-order valence-corrected chi connectivity index (χ2v) is 4.68. The lowest BCUT2D eigenvalue weighted by Crippen LogP contribution is -2.48. The molecule has 0 amide bonds. The quantitative estimate of drug-likeness (QED) is 0.758. The summed E-state index contributed by atoms with van der Waals surface area (Å²) in [4.78, 5) is 2.40. The molecule has 0 aromatic heterocycles. The Morgan fingerprint density at radius 3 is 2.94 bits per heavy atom. The first-order chi connectivity index (χ1) is 7.61. The van der Waals surface area contributed by atoms with Gasteiger partial charge in [0.05, 0.1) is 19.3 Å². The Labute approximate surface area is 98.6 Å². The van der Waals surface area contributed by atoms with Gasteiger partial charge >= 0.3 is 0 Å². The van der Waals surface area contributed by atoms with Crippen molar-refractivity contribution in [3.05, 3.63) is 0 Å². The van der Waals surface area contributed by atoms with E-state index in [9.17, 15) is 0 Å². The second kappa shape index (κ2) is 6.19. The van der Waals surface area contributed by atoms with Gasteiger partial charge in [-0.25, -0.2) is 0 Å². The number of hydrogen-bond donors (Lipinski definition) is 1. The third-order valence-electron chi connectivity index (χ3n) is 3.22. The van der Waals surface area contributed by atoms with Crippen LogP contribution in [0.5, 0.6) is 0 Å². The van der Waals surface area contributed by atoms with Gasteiger partial charge in [0.15, 0.2) is 0 Å². The van der Waals surface area contributed by atoms with E-state index in [-0.39, 0.29) is 0 Å². The van der Waals surface area contributed by atoms with Gasteiger partial charge in [-0.15, -0.1) is 0 Å². The maximum Gasteiger partial charge on any atom is 0.105 e. The van der Waals surface area contributed by atoms with E-state index in [1.165, 1.54) is 0 Å². The van der Waals surface area contributed by atoms with Crippen molar-refractivity contribution in [1.29, 1.82) is 5.26 Å². The van der Waals surface area contributed by atoms with Gasteiger partial charge in [-0.2, -0.15) is 5.26 Å². The van der Waals surface area contributed by atoms with Crippen LogP contribution in [0.15, 0.2) is 0 Å². The average Bonchev–Trinajstić information content (AvgIpc) is 2.28. The number of morpholine rings is 1. The molecule has 1 fully saturated rings. The number of ether oxygens (including phenoxy) is 1. The van der Waals surface area contributed by atoms with Crippen molar-refractivity contribution in [3.8, 4) is 6.07 Å². The van der Waals surface area contributed by atoms with Crippen molar-refractivity contribution in [1.82, 2.24) is 10.2 Å². The highest BCUT2D eigenvalue weighted by Gasteiger charge is 2.25. The summed E-state index contributed by atoms with van der Waals surface area (Å²) in [6.45, 7) is 10.6. The molecule has 0 aromatic rings. The molecule has 0 aromatic carbocycles. The molecule has 1 aliphatic heterocycles. The molecule has 1 aliphatic rings. The van der Waals surface area contributed by atoms with Gasteiger partial charge in [0.25, 0.3) is 0 Å². The highest BCUT2D eigenvalue weighted by molar-refractivity contribution is 5.03. The molecule has 0 bridgehead atoms. The van der Waals surface area contributed by atoms with Gasteiger partial charge in [-0.05, 0) is 26.8 Å². The number of rotatable bonds is 5. The molecule has 92 valence electrons. The average molecular weight is 225 g/mol. The van der Waals surface area contributed by atoms with E-state index in [0.717, 1.165) is 39.3 Å². The molecule has 0 aliphatic carbocycles. The molecule has 2 atom stereocenters. The summed E-state index contributed by atoms with van der Waals surface area (Å²) in [6.07, 6.45) is 0.863. The molecule has 4 nitrogen and oxygen atoms in total. The van der Waals surface area contributed by atoms with Gasteiger partial charge in [-0.3, -0.25) is 10.2 Å². The van der Waals surface area contributed by atoms with E-state index >= 15 is 0 Å². The number of nitriles is 1. The van der Waals surface area contributed by atoms with Crippen molar-refractivity contribution in [2.24, 2.45) is 0 Å². The molecule has 0 saturated carbocycles. The van der Waals surface area contributed by atoms with Gasteiger partial charge in [0.1, 0.15) is 5.54 Å². The Bertz CT molecular complexity index is 251. The Balaban J connectivity index is 2.39. The third-order valence-corrected chi connectivity index (χ3v) is 3.22. The van der Waals surface area contributed by atoms with Gasteiger partial charge < -0.3 is 4.74 Å². The van der Waals surface area contributed by atoms with E-state index in [0.29, 0.717) is 6.04 Å². The first-order valence-corrected chi connectivity index (χ1v) is 6.09. The fraction of sp³-hybridized carbons (Fsp3) is 0.917. The minimum absolute atomic E-state index is 0.396. The maximum atomic E-state index is 9.16. The van der Waals surface area contributed by atoms with E-state index in [4.69, 9.17) is 10.00 Å². The smallest absolute Gasteiger partial charge is 0.105 e. The van der Waals surface area contributed by atoms with Crippen LogP contribution in [-0.4, -0.2) is 49.3 Å². The van der Waals surface area contributed by atoms with E-state index < -0.39 is 5.54 Å². The lowest BCUT2D eigenvalue weighted by molar-refractivity contribution is -0.00262. The predicted molar refractivity (Wildman–Crippen MR) is 64.2 cm³/mol. The number of nitrogens with zero attached hydrogens (tertiary/aromatic N) is 2. The highest BCUT2D eigenvalue weighted by atomic mass is 16.5. The lowest BCUT2D eigenvalue weighted by Gasteiger charge is -2.35. The Morgan fingerprint density at radius 2 is 2.38 bits per heavy atom. The van der Waals surface area contributed by atoms with Crippen molar-refractivity contribution in [3.63, 3.8) is 0 Å². The Kier molecular flexibility index (Phi) is 5.20. The summed E-state index contributed by atoms with van der Waals surface area (Å²) in [7, 11) is 0. The molecule has 1 N–H and O–H groups in total. The van der Waals surface area contributed by atoms with Crippen LogP contribution in [0.25, 0.3) is 0 Å². The molecular weight excluding hydrogens is 202 g/mol. The van der Waals surface area contributed by atoms with Gasteiger partial charge in [-0.1, -0.05) is 6.92 Å². The van der Waals surface area contributed by atoms with Crippen LogP contribution in [0.3, 0.4) is 0 Å². The molecule has 1 rings (SSSR count). The fourth-order valence-electron chi connectivity index (χ4n) is 2.03. The predicted octanol–water partition coefficient (Wildman–Crippen LogP) is 0.989. The molecule has 1 heterocycles. The first kappa shape index (κ1) is 13.4. The van der Waals surface area contributed by atoms with Crippen molar-refractivity contribution in [2.45, 2.75) is 38.8 Å². The van der Waals surface area contributed by atoms with Crippen LogP contribution < -0.4 is 5.32 Å². The van der Waals surface area contributed by atoms with Gasteiger partial charge in [0.2, 0.25) is 0 Å². The molecule has 16 heavy (non-hydrogen) atoms. The minimum Gasteiger partial charge on any atom is -0.379 e. The number of hydrogen-bond acceptors (Lipinski definition) is 4. The summed E-state index contributed by atoms with van der Waals surface area (Å²) in [5, 5.41) is 12.4. The summed E-state index contributed by atoms with van der Waals surface area (Å²) in [5.41, 5.74) is -0.396. The zero-order valence-electron chi connectivity index (χ0n) is 10.6. The van der Waals surface area contributed by atoms with Crippen LogP contribution in [0.1, 0.15) is 27.2 Å². The van der Waals surface area contributed by atoms with Crippen LogP contribution >= 0.6 is 0 Å². The fourth-order valence-corrected chi connectivity index (χ4v) is 2.03. The SMILES string of the molecule is CCNC(C)(C#N)CCN1CCOCC1C. The van der Waals surface area contributed by atoms with Crippen LogP contribution in [-0.2, 0) is 4.74 Å². The summed E-state index contributed by atoms with van der Waals surface area (Å²) < 4.78 is 5.40. The third kappa shape index (κ3) is 3.75. The highest BCUT2D eigenvalue weighted by Crippen LogP contribution is 2.13. The molecule has 0 radical (unpaired) electrons. The largest absolute Gasteiger partial charge is 0.379 e. The molecular formula is C12H23N3O. The van der Waals surface area contributed by atoms with E-state index in [1.54, 1.807) is 0 Å². The lowest BCUT2D eigenvalue weighted by atomic mass is 9.99. The van der Waals surface area contributed by atoms with Crippen molar-refractivity contribution < 1.29 is 4.74 Å². The van der Waals surface area contributed by atoms with Crippen LogP contribution in [0.2, 0.25) is 0 Å². The maximum absolute atomic E-state index is 9.16. The van der Waals surface area contributed by atoms with E-state index in [1.807, 2.05) is 13.8 Å². The standard InChI is InChI=1S/C12H23N3O/c1-4-14-12(3,10-13)5-6-15-7-8-16-9-11(15)2/h11,14H,4-9H2,1-3H3. The number of nitrogens with one attached hydrogen (secondary N) is 1. The molecule has 0 spiro atoms. The minimum atomic E-state index is -0.396. The first-order valence-electron chi connectivity index (χ1n) is 6.09. The monoisotopic (exact) mass is 225 g/mol.